The molecular weight excluding hydrogens is 444 g/mol. The Balaban J connectivity index is 1.27. The normalized spacial score (nSPS) is 17.9. The summed E-state index contributed by atoms with van der Waals surface area (Å²) in [6.07, 6.45) is 11.6. The molecule has 30 heavy (non-hydrogen) atoms. The lowest BCUT2D eigenvalue weighted by Gasteiger charge is -2.35. The molecule has 2 aromatic rings. The Morgan fingerprint density at radius 1 is 0.967 bits per heavy atom. The SMILES string of the molecule is O=C(CCC1CCCCC1)N1CCN(C(=O)c2cnn(-c3ccc(Br)cc3)c2)CC1. The van der Waals surface area contributed by atoms with Gasteiger partial charge in [-0.15, -0.1) is 0 Å². The van der Waals surface area contributed by atoms with Crippen LogP contribution in [0.5, 0.6) is 0 Å². The van der Waals surface area contributed by atoms with Gasteiger partial charge in [-0.2, -0.15) is 5.10 Å². The van der Waals surface area contributed by atoms with E-state index in [1.165, 1.54) is 32.1 Å². The van der Waals surface area contributed by atoms with Gasteiger partial charge in [0.2, 0.25) is 5.91 Å². The zero-order valence-electron chi connectivity index (χ0n) is 17.3. The van der Waals surface area contributed by atoms with Crippen molar-refractivity contribution in [1.82, 2.24) is 19.6 Å². The highest BCUT2D eigenvalue weighted by Crippen LogP contribution is 2.27. The fourth-order valence-corrected chi connectivity index (χ4v) is 4.74. The van der Waals surface area contributed by atoms with Crippen LogP contribution in [0.15, 0.2) is 41.1 Å². The van der Waals surface area contributed by atoms with E-state index in [1.54, 1.807) is 17.1 Å². The summed E-state index contributed by atoms with van der Waals surface area (Å²) in [7, 11) is 0. The summed E-state index contributed by atoms with van der Waals surface area (Å²) in [6.45, 7) is 2.40. The second-order valence-corrected chi connectivity index (χ2v) is 9.28. The monoisotopic (exact) mass is 472 g/mol. The Morgan fingerprint density at radius 2 is 1.63 bits per heavy atom. The average molecular weight is 473 g/mol. The number of carbonyl (C=O) groups is 2. The molecule has 1 saturated heterocycles. The van der Waals surface area contributed by atoms with Crippen LogP contribution in [-0.2, 0) is 4.79 Å². The molecule has 0 N–H and O–H groups in total. The predicted molar refractivity (Wildman–Crippen MR) is 120 cm³/mol. The molecule has 2 heterocycles. The molecule has 0 radical (unpaired) electrons. The predicted octanol–water partition coefficient (Wildman–Crippen LogP) is 4.28. The largest absolute Gasteiger partial charge is 0.339 e. The lowest BCUT2D eigenvalue weighted by Crippen LogP contribution is -2.50. The minimum atomic E-state index is -0.0207. The number of nitrogens with zero attached hydrogens (tertiary/aromatic N) is 4. The van der Waals surface area contributed by atoms with Gasteiger partial charge in [-0.25, -0.2) is 4.68 Å². The van der Waals surface area contributed by atoms with E-state index >= 15 is 0 Å². The Labute approximate surface area is 186 Å². The fourth-order valence-electron chi connectivity index (χ4n) is 4.47. The van der Waals surface area contributed by atoms with Crippen molar-refractivity contribution in [2.75, 3.05) is 26.2 Å². The average Bonchev–Trinajstić information content (AvgIpc) is 3.28. The molecule has 1 aliphatic carbocycles. The first-order chi connectivity index (χ1) is 14.6. The van der Waals surface area contributed by atoms with Crippen molar-refractivity contribution in [3.63, 3.8) is 0 Å². The minimum Gasteiger partial charge on any atom is -0.339 e. The highest BCUT2D eigenvalue weighted by molar-refractivity contribution is 9.10. The molecule has 0 spiro atoms. The number of halogens is 1. The molecule has 7 heteroatoms. The Bertz CT molecular complexity index is 866. The molecule has 1 saturated carbocycles. The molecule has 1 aromatic heterocycles. The van der Waals surface area contributed by atoms with E-state index in [4.69, 9.17) is 0 Å². The zero-order valence-corrected chi connectivity index (χ0v) is 18.9. The van der Waals surface area contributed by atoms with Crippen LogP contribution in [0, 0.1) is 5.92 Å². The molecular formula is C23H29BrN4O2. The maximum atomic E-state index is 12.9. The van der Waals surface area contributed by atoms with Gasteiger partial charge in [0.05, 0.1) is 17.4 Å². The maximum Gasteiger partial charge on any atom is 0.257 e. The molecule has 6 nitrogen and oxygen atoms in total. The van der Waals surface area contributed by atoms with Gasteiger partial charge in [-0.05, 0) is 36.6 Å². The van der Waals surface area contributed by atoms with E-state index in [1.807, 2.05) is 34.1 Å². The third-order valence-electron chi connectivity index (χ3n) is 6.33. The van der Waals surface area contributed by atoms with E-state index in [0.29, 0.717) is 38.2 Å². The Morgan fingerprint density at radius 3 is 2.33 bits per heavy atom. The van der Waals surface area contributed by atoms with Crippen molar-refractivity contribution in [3.05, 3.63) is 46.7 Å². The first kappa shape index (κ1) is 21.1. The number of hydrogen-bond acceptors (Lipinski definition) is 3. The number of amides is 2. The van der Waals surface area contributed by atoms with Crippen molar-refractivity contribution < 1.29 is 9.59 Å². The summed E-state index contributed by atoms with van der Waals surface area (Å²) in [6, 6.07) is 7.79. The molecule has 160 valence electrons. The van der Waals surface area contributed by atoms with E-state index in [-0.39, 0.29) is 11.8 Å². The lowest BCUT2D eigenvalue weighted by atomic mass is 9.86. The number of carbonyl (C=O) groups excluding carboxylic acids is 2. The smallest absolute Gasteiger partial charge is 0.257 e. The molecule has 4 rings (SSSR count). The van der Waals surface area contributed by atoms with Crippen LogP contribution in [0.4, 0.5) is 0 Å². The Kier molecular flexibility index (Phi) is 6.87. The number of piperazine rings is 1. The van der Waals surface area contributed by atoms with Gasteiger partial charge in [-0.1, -0.05) is 48.0 Å². The molecule has 2 amide bonds. The summed E-state index contributed by atoms with van der Waals surface area (Å²) in [5.41, 5.74) is 1.49. The van der Waals surface area contributed by atoms with Crippen molar-refractivity contribution in [1.29, 1.82) is 0 Å². The summed E-state index contributed by atoms with van der Waals surface area (Å²) in [4.78, 5) is 29.2. The molecule has 0 unspecified atom stereocenters. The van der Waals surface area contributed by atoms with Crippen LogP contribution in [0.25, 0.3) is 5.69 Å². The summed E-state index contributed by atoms with van der Waals surface area (Å²) in [5, 5.41) is 4.33. The van der Waals surface area contributed by atoms with Gasteiger partial charge in [-0.3, -0.25) is 9.59 Å². The summed E-state index contributed by atoms with van der Waals surface area (Å²) < 4.78 is 2.71. The van der Waals surface area contributed by atoms with Gasteiger partial charge in [0.25, 0.3) is 5.91 Å². The van der Waals surface area contributed by atoms with Crippen LogP contribution in [0.1, 0.15) is 55.3 Å². The van der Waals surface area contributed by atoms with Crippen LogP contribution in [0.3, 0.4) is 0 Å². The number of rotatable bonds is 5. The highest BCUT2D eigenvalue weighted by atomic mass is 79.9. The van der Waals surface area contributed by atoms with E-state index < -0.39 is 0 Å². The number of hydrogen-bond donors (Lipinski definition) is 0. The summed E-state index contributed by atoms with van der Waals surface area (Å²) >= 11 is 3.42. The first-order valence-electron chi connectivity index (χ1n) is 11.0. The van der Waals surface area contributed by atoms with Gasteiger partial charge < -0.3 is 9.80 Å². The second-order valence-electron chi connectivity index (χ2n) is 8.37. The van der Waals surface area contributed by atoms with Gasteiger partial charge in [0, 0.05) is 43.3 Å². The summed E-state index contributed by atoms with van der Waals surface area (Å²) in [5.74, 6) is 0.955. The van der Waals surface area contributed by atoms with Crippen LogP contribution >= 0.6 is 15.9 Å². The van der Waals surface area contributed by atoms with Crippen molar-refractivity contribution in [2.45, 2.75) is 44.9 Å². The molecule has 0 atom stereocenters. The van der Waals surface area contributed by atoms with E-state index in [9.17, 15) is 9.59 Å². The minimum absolute atomic E-state index is 0.0207. The fraction of sp³-hybridized carbons (Fsp3) is 0.522. The Hall–Kier alpha value is -2.15. The number of benzene rings is 1. The third-order valence-corrected chi connectivity index (χ3v) is 6.86. The molecule has 2 aliphatic rings. The van der Waals surface area contributed by atoms with Crippen LogP contribution < -0.4 is 0 Å². The first-order valence-corrected chi connectivity index (χ1v) is 11.8. The third kappa shape index (κ3) is 5.12. The van der Waals surface area contributed by atoms with Gasteiger partial charge >= 0.3 is 0 Å². The molecule has 1 aromatic carbocycles. The lowest BCUT2D eigenvalue weighted by molar-refractivity contribution is -0.133. The topological polar surface area (TPSA) is 58.4 Å². The second kappa shape index (κ2) is 9.77. The zero-order chi connectivity index (χ0) is 20.9. The quantitative estimate of drug-likeness (QED) is 0.652. The van der Waals surface area contributed by atoms with Crippen molar-refractivity contribution >= 4 is 27.7 Å². The van der Waals surface area contributed by atoms with Crippen LogP contribution in [-0.4, -0.2) is 57.6 Å². The highest BCUT2D eigenvalue weighted by Gasteiger charge is 2.26. The van der Waals surface area contributed by atoms with Crippen molar-refractivity contribution in [2.24, 2.45) is 5.92 Å². The molecule has 2 fully saturated rings. The van der Waals surface area contributed by atoms with Gasteiger partial charge in [0.1, 0.15) is 0 Å². The number of aromatic nitrogens is 2. The van der Waals surface area contributed by atoms with Gasteiger partial charge in [0.15, 0.2) is 0 Å². The molecule has 1 aliphatic heterocycles. The molecule has 0 bridgehead atoms. The van der Waals surface area contributed by atoms with E-state index in [2.05, 4.69) is 21.0 Å². The standard InChI is InChI=1S/C23H29BrN4O2/c24-20-7-9-21(10-8-20)28-17-19(16-25-28)23(30)27-14-12-26(13-15-27)22(29)11-6-18-4-2-1-3-5-18/h7-10,16-18H,1-6,11-15H2. The maximum absolute atomic E-state index is 12.9. The van der Waals surface area contributed by atoms with E-state index in [0.717, 1.165) is 22.5 Å². The van der Waals surface area contributed by atoms with Crippen LogP contribution in [0.2, 0.25) is 0 Å². The van der Waals surface area contributed by atoms with Crippen molar-refractivity contribution in [3.8, 4) is 5.69 Å².